The van der Waals surface area contributed by atoms with Crippen LogP contribution < -0.4 is 5.32 Å². The van der Waals surface area contributed by atoms with Gasteiger partial charge in [-0.2, -0.15) is 0 Å². The van der Waals surface area contributed by atoms with Gasteiger partial charge in [0.1, 0.15) is 5.82 Å². The van der Waals surface area contributed by atoms with Gasteiger partial charge in [-0.25, -0.2) is 9.18 Å². The zero-order chi connectivity index (χ0) is 10.3. The molecule has 3 nitrogen and oxygen atoms in total. The third-order valence-electron chi connectivity index (χ3n) is 2.52. The van der Waals surface area contributed by atoms with E-state index in [0.29, 0.717) is 6.54 Å². The predicted molar refractivity (Wildman–Crippen MR) is 48.6 cm³/mol. The molecule has 0 aromatic heterocycles. The van der Waals surface area contributed by atoms with Gasteiger partial charge in [0, 0.05) is 12.6 Å². The first-order valence-electron chi connectivity index (χ1n) is 4.38. The maximum Gasteiger partial charge on any atom is 0.338 e. The van der Waals surface area contributed by atoms with Crippen LogP contribution in [0.1, 0.15) is 34.5 Å². The molecule has 74 valence electrons. The van der Waals surface area contributed by atoms with Crippen LogP contribution in [0.25, 0.3) is 0 Å². The summed E-state index contributed by atoms with van der Waals surface area (Å²) in [6.45, 7) is 2.53. The van der Waals surface area contributed by atoms with Gasteiger partial charge in [-0.1, -0.05) is 0 Å². The molecule has 2 rings (SSSR count). The summed E-state index contributed by atoms with van der Waals surface area (Å²) in [5.74, 6) is -1.88. The van der Waals surface area contributed by atoms with Crippen LogP contribution in [0.5, 0.6) is 0 Å². The minimum atomic E-state index is -1.22. The van der Waals surface area contributed by atoms with E-state index in [0.717, 1.165) is 11.1 Å². The monoisotopic (exact) mass is 195 g/mol. The van der Waals surface area contributed by atoms with Crippen molar-refractivity contribution in [2.45, 2.75) is 19.5 Å². The first-order chi connectivity index (χ1) is 6.59. The lowest BCUT2D eigenvalue weighted by atomic mass is 10.0. The Balaban J connectivity index is 2.55. The molecule has 0 radical (unpaired) electrons. The molecule has 0 aliphatic carbocycles. The molecule has 2 N–H and O–H groups in total. The number of aromatic carboxylic acids is 1. The molecule has 0 amide bonds. The molecule has 1 aliphatic heterocycles. The van der Waals surface area contributed by atoms with Crippen molar-refractivity contribution >= 4 is 5.97 Å². The number of halogens is 1. The lowest BCUT2D eigenvalue weighted by Gasteiger charge is -2.05. The van der Waals surface area contributed by atoms with Gasteiger partial charge in [-0.05, 0) is 30.2 Å². The van der Waals surface area contributed by atoms with E-state index in [2.05, 4.69) is 5.32 Å². The molecule has 0 saturated heterocycles. The number of benzene rings is 1. The van der Waals surface area contributed by atoms with Crippen LogP contribution in [-0.2, 0) is 6.54 Å². The first kappa shape index (κ1) is 9.15. The molecule has 14 heavy (non-hydrogen) atoms. The zero-order valence-electron chi connectivity index (χ0n) is 7.67. The molecule has 0 bridgehead atoms. The molecule has 1 atom stereocenters. The number of rotatable bonds is 1. The lowest BCUT2D eigenvalue weighted by molar-refractivity contribution is 0.0692. The van der Waals surface area contributed by atoms with Crippen molar-refractivity contribution in [3.8, 4) is 0 Å². The highest BCUT2D eigenvalue weighted by Crippen LogP contribution is 2.27. The fourth-order valence-corrected chi connectivity index (χ4v) is 1.73. The minimum absolute atomic E-state index is 0.0994. The van der Waals surface area contributed by atoms with Crippen molar-refractivity contribution in [2.24, 2.45) is 0 Å². The highest BCUT2D eigenvalue weighted by atomic mass is 19.1. The van der Waals surface area contributed by atoms with Gasteiger partial charge in [0.05, 0.1) is 5.56 Å². The molecular weight excluding hydrogens is 185 g/mol. The van der Waals surface area contributed by atoms with Crippen molar-refractivity contribution in [3.05, 3.63) is 34.6 Å². The molecule has 1 aliphatic rings. The van der Waals surface area contributed by atoms with Crippen LogP contribution in [0.3, 0.4) is 0 Å². The van der Waals surface area contributed by atoms with E-state index in [9.17, 15) is 9.18 Å². The third kappa shape index (κ3) is 1.28. The van der Waals surface area contributed by atoms with Crippen molar-refractivity contribution in [2.75, 3.05) is 0 Å². The van der Waals surface area contributed by atoms with Crippen LogP contribution >= 0.6 is 0 Å². The largest absolute Gasteiger partial charge is 0.478 e. The summed E-state index contributed by atoms with van der Waals surface area (Å²) in [5, 5.41) is 11.8. The second-order valence-corrected chi connectivity index (χ2v) is 3.44. The Morgan fingerprint density at radius 3 is 3.00 bits per heavy atom. The number of fused-ring (bicyclic) bond motifs is 1. The van der Waals surface area contributed by atoms with E-state index < -0.39 is 11.8 Å². The Hall–Kier alpha value is -1.42. The molecule has 1 unspecified atom stereocenters. The molecule has 0 fully saturated rings. The van der Waals surface area contributed by atoms with E-state index >= 15 is 0 Å². The smallest absolute Gasteiger partial charge is 0.338 e. The molecular formula is C10H10FNO2. The van der Waals surface area contributed by atoms with Crippen molar-refractivity contribution in [1.29, 1.82) is 0 Å². The van der Waals surface area contributed by atoms with E-state index in [4.69, 9.17) is 5.11 Å². The number of carboxylic acids is 1. The lowest BCUT2D eigenvalue weighted by Crippen LogP contribution is -2.07. The summed E-state index contributed by atoms with van der Waals surface area (Å²) in [5.41, 5.74) is 1.48. The topological polar surface area (TPSA) is 49.3 Å². The van der Waals surface area contributed by atoms with Gasteiger partial charge >= 0.3 is 5.97 Å². The number of hydrogen-bond acceptors (Lipinski definition) is 2. The standard InChI is InChI=1S/C10H10FNO2/c1-5-7-3-9(11)8(10(13)14)2-6(7)4-12-5/h2-3,5,12H,4H2,1H3,(H,13,14). The second-order valence-electron chi connectivity index (χ2n) is 3.44. The number of hydrogen-bond donors (Lipinski definition) is 2. The quantitative estimate of drug-likeness (QED) is 0.716. The fraction of sp³-hybridized carbons (Fsp3) is 0.300. The molecule has 1 aromatic rings. The zero-order valence-corrected chi connectivity index (χ0v) is 7.67. The number of nitrogens with one attached hydrogen (secondary N) is 1. The van der Waals surface area contributed by atoms with Gasteiger partial charge < -0.3 is 10.4 Å². The SMILES string of the molecule is CC1NCc2cc(C(=O)O)c(F)cc21. The van der Waals surface area contributed by atoms with Crippen LogP contribution in [0, 0.1) is 5.82 Å². The maximum absolute atomic E-state index is 13.3. The Morgan fingerprint density at radius 1 is 1.64 bits per heavy atom. The van der Waals surface area contributed by atoms with Crippen LogP contribution in [0.15, 0.2) is 12.1 Å². The normalized spacial score (nSPS) is 19.4. The summed E-state index contributed by atoms with van der Waals surface area (Å²) in [7, 11) is 0. The highest BCUT2D eigenvalue weighted by Gasteiger charge is 2.22. The summed E-state index contributed by atoms with van der Waals surface area (Å²) in [4.78, 5) is 10.6. The third-order valence-corrected chi connectivity index (χ3v) is 2.52. The number of carboxylic acid groups (broad SMARTS) is 1. The molecule has 1 heterocycles. The Kier molecular flexibility index (Phi) is 2.00. The molecule has 4 heteroatoms. The minimum Gasteiger partial charge on any atom is -0.478 e. The van der Waals surface area contributed by atoms with Crippen molar-refractivity contribution < 1.29 is 14.3 Å². The predicted octanol–water partition coefficient (Wildman–Crippen LogP) is 1.69. The maximum atomic E-state index is 13.3. The Labute approximate surface area is 80.6 Å². The summed E-state index contributed by atoms with van der Waals surface area (Å²) < 4.78 is 13.3. The van der Waals surface area contributed by atoms with Crippen molar-refractivity contribution in [3.63, 3.8) is 0 Å². The molecule has 1 aromatic carbocycles. The van der Waals surface area contributed by atoms with Gasteiger partial charge in [0.2, 0.25) is 0 Å². The Morgan fingerprint density at radius 2 is 2.36 bits per heavy atom. The van der Waals surface area contributed by atoms with E-state index in [1.165, 1.54) is 12.1 Å². The highest BCUT2D eigenvalue weighted by molar-refractivity contribution is 5.88. The second kappa shape index (κ2) is 3.06. The van der Waals surface area contributed by atoms with E-state index in [1.807, 2.05) is 6.92 Å². The van der Waals surface area contributed by atoms with Gasteiger partial charge in [0.15, 0.2) is 0 Å². The van der Waals surface area contributed by atoms with Crippen LogP contribution in [0.2, 0.25) is 0 Å². The van der Waals surface area contributed by atoms with E-state index in [-0.39, 0.29) is 11.6 Å². The Bertz CT molecular complexity index is 403. The summed E-state index contributed by atoms with van der Waals surface area (Å²) >= 11 is 0. The van der Waals surface area contributed by atoms with Gasteiger partial charge in [-0.3, -0.25) is 0 Å². The molecule has 0 spiro atoms. The summed E-state index contributed by atoms with van der Waals surface area (Å²) in [6.07, 6.45) is 0. The fourth-order valence-electron chi connectivity index (χ4n) is 1.73. The van der Waals surface area contributed by atoms with Crippen LogP contribution in [0.4, 0.5) is 4.39 Å². The average molecular weight is 195 g/mol. The van der Waals surface area contributed by atoms with Gasteiger partial charge in [-0.15, -0.1) is 0 Å². The average Bonchev–Trinajstić information content (AvgIpc) is 2.46. The van der Waals surface area contributed by atoms with Crippen LogP contribution in [-0.4, -0.2) is 11.1 Å². The first-order valence-corrected chi connectivity index (χ1v) is 4.38. The number of carbonyl (C=O) groups is 1. The summed E-state index contributed by atoms with van der Waals surface area (Å²) in [6, 6.07) is 2.81. The molecule has 0 saturated carbocycles. The van der Waals surface area contributed by atoms with Gasteiger partial charge in [0.25, 0.3) is 0 Å². The van der Waals surface area contributed by atoms with E-state index in [1.54, 1.807) is 0 Å². The van der Waals surface area contributed by atoms with Crippen molar-refractivity contribution in [1.82, 2.24) is 5.32 Å².